The van der Waals surface area contributed by atoms with Crippen LogP contribution in [0.4, 0.5) is 0 Å². The Labute approximate surface area is 95.7 Å². The molecule has 0 aromatic carbocycles. The van der Waals surface area contributed by atoms with Crippen molar-refractivity contribution in [3.63, 3.8) is 0 Å². The minimum absolute atomic E-state index is 0.207. The molecule has 0 aromatic rings. The molecule has 1 atom stereocenters. The Balaban J connectivity index is 2.15. The Bertz CT molecular complexity index is 202. The second-order valence-corrected chi connectivity index (χ2v) is 5.24. The van der Waals surface area contributed by atoms with Gasteiger partial charge in [0, 0.05) is 37.7 Å². The van der Waals surface area contributed by atoms with Gasteiger partial charge in [-0.15, -0.1) is 0 Å². The van der Waals surface area contributed by atoms with E-state index in [2.05, 4.69) is 12.2 Å². The van der Waals surface area contributed by atoms with Crippen molar-refractivity contribution in [1.29, 1.82) is 0 Å². The zero-order chi connectivity index (χ0) is 11.1. The SMILES string of the molecule is COCCNCC(=O)N1CCSC(C)C1. The van der Waals surface area contributed by atoms with Crippen LogP contribution in [0.15, 0.2) is 0 Å². The molecule has 1 rings (SSSR count). The molecule has 0 spiro atoms. The Morgan fingerprint density at radius 1 is 1.67 bits per heavy atom. The van der Waals surface area contributed by atoms with Crippen LogP contribution < -0.4 is 5.32 Å². The summed E-state index contributed by atoms with van der Waals surface area (Å²) in [5.41, 5.74) is 0. The van der Waals surface area contributed by atoms with Gasteiger partial charge in [0.25, 0.3) is 0 Å². The molecule has 1 unspecified atom stereocenters. The maximum Gasteiger partial charge on any atom is 0.236 e. The number of thioether (sulfide) groups is 1. The number of hydrogen-bond acceptors (Lipinski definition) is 4. The summed E-state index contributed by atoms with van der Waals surface area (Å²) in [5.74, 6) is 1.27. The summed E-state index contributed by atoms with van der Waals surface area (Å²) in [4.78, 5) is 13.7. The zero-order valence-corrected chi connectivity index (χ0v) is 10.3. The molecular formula is C10H20N2O2S. The molecule has 1 aliphatic rings. The van der Waals surface area contributed by atoms with E-state index in [0.29, 0.717) is 18.4 Å². The second-order valence-electron chi connectivity index (χ2n) is 3.69. The third kappa shape index (κ3) is 4.86. The summed E-state index contributed by atoms with van der Waals surface area (Å²) in [6.07, 6.45) is 0. The summed E-state index contributed by atoms with van der Waals surface area (Å²) in [5, 5.41) is 3.65. The Morgan fingerprint density at radius 2 is 2.47 bits per heavy atom. The van der Waals surface area contributed by atoms with Gasteiger partial charge in [0.15, 0.2) is 0 Å². The number of amides is 1. The molecule has 0 saturated carbocycles. The van der Waals surface area contributed by atoms with Crippen molar-refractivity contribution in [3.8, 4) is 0 Å². The van der Waals surface area contributed by atoms with E-state index < -0.39 is 0 Å². The molecule has 0 bridgehead atoms. The standard InChI is InChI=1S/C10H20N2O2S/c1-9-8-12(4-6-15-9)10(13)7-11-3-5-14-2/h9,11H,3-8H2,1-2H3. The van der Waals surface area contributed by atoms with Crippen molar-refractivity contribution in [2.24, 2.45) is 0 Å². The van der Waals surface area contributed by atoms with Gasteiger partial charge < -0.3 is 15.0 Å². The topological polar surface area (TPSA) is 41.6 Å². The van der Waals surface area contributed by atoms with Crippen LogP contribution in [-0.2, 0) is 9.53 Å². The fourth-order valence-electron chi connectivity index (χ4n) is 1.53. The van der Waals surface area contributed by atoms with Crippen molar-refractivity contribution in [2.45, 2.75) is 12.2 Å². The molecule has 88 valence electrons. The van der Waals surface area contributed by atoms with E-state index in [1.165, 1.54) is 0 Å². The van der Waals surface area contributed by atoms with Crippen molar-refractivity contribution >= 4 is 17.7 Å². The van der Waals surface area contributed by atoms with Gasteiger partial charge in [-0.1, -0.05) is 6.92 Å². The maximum absolute atomic E-state index is 11.7. The van der Waals surface area contributed by atoms with Gasteiger partial charge in [0.2, 0.25) is 5.91 Å². The van der Waals surface area contributed by atoms with Crippen molar-refractivity contribution < 1.29 is 9.53 Å². The maximum atomic E-state index is 11.7. The number of rotatable bonds is 5. The minimum Gasteiger partial charge on any atom is -0.383 e. The highest BCUT2D eigenvalue weighted by Crippen LogP contribution is 2.17. The monoisotopic (exact) mass is 232 g/mol. The highest BCUT2D eigenvalue weighted by atomic mass is 32.2. The Morgan fingerprint density at radius 3 is 3.13 bits per heavy atom. The molecule has 4 nitrogen and oxygen atoms in total. The summed E-state index contributed by atoms with van der Waals surface area (Å²) < 4.78 is 4.90. The fourth-order valence-corrected chi connectivity index (χ4v) is 2.54. The predicted octanol–water partition coefficient (Wildman–Crippen LogP) is 0.186. The number of ether oxygens (including phenoxy) is 1. The summed E-state index contributed by atoms with van der Waals surface area (Å²) >= 11 is 1.94. The highest BCUT2D eigenvalue weighted by molar-refractivity contribution is 7.99. The van der Waals surface area contributed by atoms with E-state index in [4.69, 9.17) is 4.74 Å². The van der Waals surface area contributed by atoms with Gasteiger partial charge in [-0.05, 0) is 0 Å². The molecule has 1 heterocycles. The van der Waals surface area contributed by atoms with Gasteiger partial charge in [0.05, 0.1) is 13.2 Å². The molecule has 1 aliphatic heterocycles. The van der Waals surface area contributed by atoms with Gasteiger partial charge in [0.1, 0.15) is 0 Å². The van der Waals surface area contributed by atoms with Gasteiger partial charge >= 0.3 is 0 Å². The Hall–Kier alpha value is -0.260. The van der Waals surface area contributed by atoms with Crippen molar-refractivity contribution in [1.82, 2.24) is 10.2 Å². The number of methoxy groups -OCH3 is 1. The zero-order valence-electron chi connectivity index (χ0n) is 9.49. The van der Waals surface area contributed by atoms with Crippen molar-refractivity contribution in [2.75, 3.05) is 45.6 Å². The van der Waals surface area contributed by atoms with E-state index in [1.807, 2.05) is 16.7 Å². The normalized spacial score (nSPS) is 21.7. The summed E-state index contributed by atoms with van der Waals surface area (Å²) in [6.45, 7) is 5.76. The van der Waals surface area contributed by atoms with E-state index in [-0.39, 0.29) is 5.91 Å². The van der Waals surface area contributed by atoms with Crippen LogP contribution in [0.3, 0.4) is 0 Å². The molecule has 1 saturated heterocycles. The Kier molecular flexibility index (Phi) is 6.05. The van der Waals surface area contributed by atoms with Crippen LogP contribution in [0.2, 0.25) is 0 Å². The summed E-state index contributed by atoms with van der Waals surface area (Å²) in [7, 11) is 1.66. The molecule has 15 heavy (non-hydrogen) atoms. The van der Waals surface area contributed by atoms with E-state index in [0.717, 1.165) is 25.4 Å². The van der Waals surface area contributed by atoms with E-state index in [1.54, 1.807) is 7.11 Å². The number of hydrogen-bond donors (Lipinski definition) is 1. The minimum atomic E-state index is 0.207. The lowest BCUT2D eigenvalue weighted by atomic mass is 10.3. The molecule has 0 radical (unpaired) electrons. The van der Waals surface area contributed by atoms with Crippen LogP contribution in [0, 0.1) is 0 Å². The fraction of sp³-hybridized carbons (Fsp3) is 0.900. The molecule has 5 heteroatoms. The van der Waals surface area contributed by atoms with Gasteiger partial charge in [-0.3, -0.25) is 4.79 Å². The number of carbonyl (C=O) groups is 1. The smallest absolute Gasteiger partial charge is 0.236 e. The molecule has 1 amide bonds. The first-order valence-corrected chi connectivity index (χ1v) is 6.38. The van der Waals surface area contributed by atoms with Crippen LogP contribution >= 0.6 is 11.8 Å². The third-order valence-electron chi connectivity index (χ3n) is 2.35. The first-order valence-electron chi connectivity index (χ1n) is 5.33. The molecular weight excluding hydrogens is 212 g/mol. The van der Waals surface area contributed by atoms with E-state index in [9.17, 15) is 4.79 Å². The largest absolute Gasteiger partial charge is 0.383 e. The predicted molar refractivity (Wildman–Crippen MR) is 63.2 cm³/mol. The molecule has 0 aliphatic carbocycles. The number of nitrogens with zero attached hydrogens (tertiary/aromatic N) is 1. The third-order valence-corrected chi connectivity index (χ3v) is 3.49. The second kappa shape index (κ2) is 7.09. The highest BCUT2D eigenvalue weighted by Gasteiger charge is 2.20. The lowest BCUT2D eigenvalue weighted by Gasteiger charge is -2.30. The van der Waals surface area contributed by atoms with Crippen LogP contribution in [0.5, 0.6) is 0 Å². The molecule has 1 fully saturated rings. The molecule has 1 N–H and O–H groups in total. The van der Waals surface area contributed by atoms with Crippen LogP contribution in [-0.4, -0.2) is 61.7 Å². The average molecular weight is 232 g/mol. The van der Waals surface area contributed by atoms with Crippen molar-refractivity contribution in [3.05, 3.63) is 0 Å². The first-order chi connectivity index (χ1) is 7.24. The lowest BCUT2D eigenvalue weighted by Crippen LogP contribution is -2.45. The quantitative estimate of drug-likeness (QED) is 0.687. The van der Waals surface area contributed by atoms with Crippen LogP contribution in [0.1, 0.15) is 6.92 Å². The summed E-state index contributed by atoms with van der Waals surface area (Å²) in [6, 6.07) is 0. The first kappa shape index (κ1) is 12.8. The number of carbonyl (C=O) groups excluding carboxylic acids is 1. The molecule has 0 aromatic heterocycles. The average Bonchev–Trinajstić information content (AvgIpc) is 2.24. The van der Waals surface area contributed by atoms with Gasteiger partial charge in [-0.25, -0.2) is 0 Å². The lowest BCUT2D eigenvalue weighted by molar-refractivity contribution is -0.130. The van der Waals surface area contributed by atoms with Crippen LogP contribution in [0.25, 0.3) is 0 Å². The van der Waals surface area contributed by atoms with E-state index >= 15 is 0 Å². The van der Waals surface area contributed by atoms with Gasteiger partial charge in [-0.2, -0.15) is 11.8 Å². The number of nitrogens with one attached hydrogen (secondary N) is 1.